The molecule has 0 spiro atoms. The molecule has 2 aromatic rings. The van der Waals surface area contributed by atoms with Crippen molar-refractivity contribution in [1.29, 1.82) is 0 Å². The molecule has 10 heteroatoms. The van der Waals surface area contributed by atoms with Crippen molar-refractivity contribution in [2.24, 2.45) is 5.41 Å². The minimum Gasteiger partial charge on any atom is -0.493 e. The lowest BCUT2D eigenvalue weighted by atomic mass is 9.88. The average Bonchev–Trinajstić information content (AvgIpc) is 2.88. The molecule has 0 aromatic heterocycles. The third-order valence-electron chi connectivity index (χ3n) is 5.79. The lowest BCUT2D eigenvalue weighted by Gasteiger charge is -2.25. The van der Waals surface area contributed by atoms with Crippen molar-refractivity contribution in [3.63, 3.8) is 0 Å². The van der Waals surface area contributed by atoms with Crippen molar-refractivity contribution < 1.29 is 19.1 Å². The number of benzene rings is 2. The van der Waals surface area contributed by atoms with Gasteiger partial charge in [-0.2, -0.15) is 0 Å². The SMILES string of the molecule is CCOc1ccc(Cl)cc1C(=O)NCC(C)(C)CC(=O)N/C(C(=O)Nc1ccccc1)=C(\CCN(C)C)NC. The molecule has 0 bridgehead atoms. The van der Waals surface area contributed by atoms with Gasteiger partial charge in [0.05, 0.1) is 12.2 Å². The van der Waals surface area contributed by atoms with Gasteiger partial charge in [-0.1, -0.05) is 43.6 Å². The third-order valence-corrected chi connectivity index (χ3v) is 6.02. The topological polar surface area (TPSA) is 112 Å². The zero-order valence-electron chi connectivity index (χ0n) is 23.6. The van der Waals surface area contributed by atoms with Crippen molar-refractivity contribution in [2.45, 2.75) is 33.6 Å². The van der Waals surface area contributed by atoms with Gasteiger partial charge >= 0.3 is 0 Å². The fraction of sp³-hybridized carbons (Fsp3) is 0.414. The van der Waals surface area contributed by atoms with E-state index in [9.17, 15) is 14.4 Å². The Morgan fingerprint density at radius 3 is 2.36 bits per heavy atom. The molecule has 2 aromatic carbocycles. The number of rotatable bonds is 14. The summed E-state index contributed by atoms with van der Waals surface area (Å²) in [5.74, 6) is -0.680. The van der Waals surface area contributed by atoms with E-state index in [4.69, 9.17) is 16.3 Å². The van der Waals surface area contributed by atoms with E-state index in [1.807, 2.05) is 58.0 Å². The number of ether oxygens (including phenoxy) is 1. The molecule has 2 rings (SSSR count). The molecule has 0 saturated heterocycles. The number of para-hydroxylation sites is 1. The third kappa shape index (κ3) is 10.6. The summed E-state index contributed by atoms with van der Waals surface area (Å²) in [6, 6.07) is 13.9. The Morgan fingerprint density at radius 2 is 1.74 bits per heavy atom. The Morgan fingerprint density at radius 1 is 1.05 bits per heavy atom. The smallest absolute Gasteiger partial charge is 0.273 e. The van der Waals surface area contributed by atoms with Crippen LogP contribution in [0.1, 0.15) is 44.0 Å². The van der Waals surface area contributed by atoms with Crippen LogP contribution >= 0.6 is 11.6 Å². The molecule has 3 amide bonds. The molecule has 212 valence electrons. The average molecular weight is 558 g/mol. The molecule has 0 aliphatic heterocycles. The van der Waals surface area contributed by atoms with Crippen LogP contribution < -0.4 is 26.0 Å². The Balaban J connectivity index is 2.14. The van der Waals surface area contributed by atoms with E-state index in [0.29, 0.717) is 47.3 Å². The maximum atomic E-state index is 13.2. The van der Waals surface area contributed by atoms with Gasteiger partial charge in [-0.15, -0.1) is 0 Å². The zero-order valence-corrected chi connectivity index (χ0v) is 24.4. The first kappa shape index (κ1) is 31.7. The molecular formula is C29H40ClN5O4. The predicted octanol–water partition coefficient (Wildman–Crippen LogP) is 4.02. The molecule has 0 unspecified atom stereocenters. The first-order valence-electron chi connectivity index (χ1n) is 12.9. The first-order valence-corrected chi connectivity index (χ1v) is 13.3. The summed E-state index contributed by atoms with van der Waals surface area (Å²) in [4.78, 5) is 41.3. The van der Waals surface area contributed by atoms with Crippen LogP contribution in [-0.2, 0) is 9.59 Å². The number of hydrogen-bond acceptors (Lipinski definition) is 6. The summed E-state index contributed by atoms with van der Waals surface area (Å²) >= 11 is 6.09. The number of halogens is 1. The predicted molar refractivity (Wildman–Crippen MR) is 156 cm³/mol. The van der Waals surface area contributed by atoms with E-state index in [2.05, 4.69) is 21.3 Å². The molecule has 0 atom stereocenters. The maximum Gasteiger partial charge on any atom is 0.273 e. The molecular weight excluding hydrogens is 518 g/mol. The summed E-state index contributed by atoms with van der Waals surface area (Å²) in [5.41, 5.74) is 1.10. The highest BCUT2D eigenvalue weighted by Crippen LogP contribution is 2.24. The first-order chi connectivity index (χ1) is 18.5. The van der Waals surface area contributed by atoms with Crippen LogP contribution in [0.15, 0.2) is 59.9 Å². The van der Waals surface area contributed by atoms with Crippen LogP contribution in [0.5, 0.6) is 5.75 Å². The maximum absolute atomic E-state index is 13.2. The number of nitrogens with zero attached hydrogens (tertiary/aromatic N) is 1. The van der Waals surface area contributed by atoms with Crippen molar-refractivity contribution in [1.82, 2.24) is 20.9 Å². The van der Waals surface area contributed by atoms with E-state index in [1.165, 1.54) is 0 Å². The second-order valence-corrected chi connectivity index (χ2v) is 10.6. The zero-order chi connectivity index (χ0) is 29.0. The summed E-state index contributed by atoms with van der Waals surface area (Å²) in [7, 11) is 5.60. The number of hydrogen-bond donors (Lipinski definition) is 4. The van der Waals surface area contributed by atoms with Crippen LogP contribution in [0.4, 0.5) is 5.69 Å². The van der Waals surface area contributed by atoms with Crippen LogP contribution in [0.2, 0.25) is 5.02 Å². The van der Waals surface area contributed by atoms with Crippen LogP contribution in [-0.4, -0.2) is 63.5 Å². The summed E-state index contributed by atoms with van der Waals surface area (Å²) < 4.78 is 5.55. The van der Waals surface area contributed by atoms with Crippen molar-refractivity contribution in [2.75, 3.05) is 46.2 Å². The Bertz CT molecular complexity index is 1170. The molecule has 0 aliphatic carbocycles. The van der Waals surface area contributed by atoms with Crippen molar-refractivity contribution in [3.8, 4) is 5.75 Å². The van der Waals surface area contributed by atoms with Gasteiger partial charge in [-0.25, -0.2) is 0 Å². The van der Waals surface area contributed by atoms with Crippen molar-refractivity contribution >= 4 is 35.0 Å². The van der Waals surface area contributed by atoms with Gasteiger partial charge in [0.25, 0.3) is 11.8 Å². The molecule has 0 heterocycles. The standard InChI is InChI=1S/C29H40ClN5O4/c1-7-39-24-14-13-20(30)17-22(24)27(37)32-19-29(2,3)18-25(36)34-26(23(31-4)15-16-35(5)6)28(38)33-21-11-9-8-10-12-21/h8-14,17,31H,7,15-16,18-19H2,1-6H3,(H,32,37)(H,33,38)(H,34,36)/b26-23+. The monoisotopic (exact) mass is 557 g/mol. The number of anilines is 1. The largest absolute Gasteiger partial charge is 0.493 e. The Hall–Kier alpha value is -3.56. The lowest BCUT2D eigenvalue weighted by molar-refractivity contribution is -0.124. The van der Waals surface area contributed by atoms with Gasteiger partial charge in [0.2, 0.25) is 5.91 Å². The highest BCUT2D eigenvalue weighted by atomic mass is 35.5. The molecule has 0 aliphatic rings. The van der Waals surface area contributed by atoms with Crippen LogP contribution in [0.25, 0.3) is 0 Å². The number of nitrogens with one attached hydrogen (secondary N) is 4. The molecule has 0 saturated carbocycles. The number of amides is 3. The normalized spacial score (nSPS) is 11.9. The van der Waals surface area contributed by atoms with Gasteiger partial charge in [0.1, 0.15) is 11.4 Å². The molecule has 0 fully saturated rings. The van der Waals surface area contributed by atoms with E-state index < -0.39 is 11.3 Å². The summed E-state index contributed by atoms with van der Waals surface area (Å²) in [6.07, 6.45) is 0.594. The second kappa shape index (κ2) is 15.1. The Labute approximate surface area is 236 Å². The molecule has 0 radical (unpaired) electrons. The lowest BCUT2D eigenvalue weighted by Crippen LogP contribution is -2.40. The van der Waals surface area contributed by atoms with E-state index in [0.717, 1.165) is 0 Å². The quantitative estimate of drug-likeness (QED) is 0.261. The van der Waals surface area contributed by atoms with Gasteiger partial charge < -0.3 is 30.9 Å². The van der Waals surface area contributed by atoms with E-state index in [-0.39, 0.29) is 30.5 Å². The van der Waals surface area contributed by atoms with Crippen LogP contribution in [0.3, 0.4) is 0 Å². The highest BCUT2D eigenvalue weighted by molar-refractivity contribution is 6.31. The van der Waals surface area contributed by atoms with Crippen molar-refractivity contribution in [3.05, 3.63) is 70.5 Å². The summed E-state index contributed by atoms with van der Waals surface area (Å²) in [5, 5.41) is 12.0. The Kier molecular flexibility index (Phi) is 12.3. The van der Waals surface area contributed by atoms with Gasteiger partial charge in [0, 0.05) is 49.4 Å². The fourth-order valence-corrected chi connectivity index (χ4v) is 3.92. The van der Waals surface area contributed by atoms with Gasteiger partial charge in [-0.05, 0) is 56.8 Å². The molecule has 4 N–H and O–H groups in total. The van der Waals surface area contributed by atoms with Crippen LogP contribution in [0, 0.1) is 5.41 Å². The van der Waals surface area contributed by atoms with Gasteiger partial charge in [0.15, 0.2) is 0 Å². The fourth-order valence-electron chi connectivity index (χ4n) is 3.75. The highest BCUT2D eigenvalue weighted by Gasteiger charge is 2.26. The number of carbonyl (C=O) groups is 3. The molecule has 9 nitrogen and oxygen atoms in total. The summed E-state index contributed by atoms with van der Waals surface area (Å²) in [6.45, 7) is 6.87. The second-order valence-electron chi connectivity index (χ2n) is 10.1. The molecule has 39 heavy (non-hydrogen) atoms. The van der Waals surface area contributed by atoms with Gasteiger partial charge in [-0.3, -0.25) is 14.4 Å². The minimum absolute atomic E-state index is 0.0634. The number of carbonyl (C=O) groups excluding carboxylic acids is 3. The van der Waals surface area contributed by atoms with E-state index in [1.54, 1.807) is 37.4 Å². The van der Waals surface area contributed by atoms with E-state index >= 15 is 0 Å². The minimum atomic E-state index is -0.617.